The third-order valence-electron chi connectivity index (χ3n) is 2.95. The normalized spacial score (nSPS) is 10.7. The minimum atomic E-state index is -0.212. The fourth-order valence-electron chi connectivity index (χ4n) is 1.80. The van der Waals surface area contributed by atoms with Crippen LogP contribution in [0.1, 0.15) is 15.2 Å². The fraction of sp³-hybridized carbons (Fsp3) is 0.176. The predicted molar refractivity (Wildman–Crippen MR) is 92.6 cm³/mol. The first-order valence-corrected chi connectivity index (χ1v) is 7.97. The number of hydrogen-bond acceptors (Lipinski definition) is 4. The molecular weight excluding hydrogens is 312 g/mol. The molecule has 0 radical (unpaired) electrons. The van der Waals surface area contributed by atoms with Crippen LogP contribution in [0.25, 0.3) is 6.08 Å². The summed E-state index contributed by atoms with van der Waals surface area (Å²) >= 11 is 1.56. The molecule has 0 bridgehead atoms. The minimum absolute atomic E-state index is 0.169. The molecule has 6 heteroatoms. The molecule has 0 spiro atoms. The van der Waals surface area contributed by atoms with Gasteiger partial charge in [-0.15, -0.1) is 11.3 Å². The smallest absolute Gasteiger partial charge is 0.251 e. The molecule has 0 aliphatic heterocycles. The molecule has 23 heavy (non-hydrogen) atoms. The van der Waals surface area contributed by atoms with Gasteiger partial charge >= 0.3 is 0 Å². The second kappa shape index (κ2) is 8.87. The van der Waals surface area contributed by atoms with Crippen molar-refractivity contribution in [2.75, 3.05) is 25.6 Å². The third-order valence-corrected chi connectivity index (χ3v) is 3.79. The number of benzene rings is 1. The standard InChI is InChI=1S/C17H18N2O3S/c1-22-11-10-18-17(21)13-4-6-14(7-5-13)19-16(20)9-8-15-3-2-12-23-15/h2-9,12H,10-11H2,1H3,(H,18,21)(H,19,20)/b9-8+. The second-order valence-electron chi connectivity index (χ2n) is 4.66. The quantitative estimate of drug-likeness (QED) is 0.606. The van der Waals surface area contributed by atoms with Gasteiger partial charge in [-0.05, 0) is 41.8 Å². The van der Waals surface area contributed by atoms with Gasteiger partial charge in [-0.1, -0.05) is 6.07 Å². The minimum Gasteiger partial charge on any atom is -0.383 e. The number of nitrogens with one attached hydrogen (secondary N) is 2. The lowest BCUT2D eigenvalue weighted by Crippen LogP contribution is -2.26. The van der Waals surface area contributed by atoms with Crippen LogP contribution in [0.3, 0.4) is 0 Å². The zero-order valence-electron chi connectivity index (χ0n) is 12.7. The van der Waals surface area contributed by atoms with Crippen LogP contribution in [0.15, 0.2) is 47.9 Å². The molecule has 1 aromatic carbocycles. The van der Waals surface area contributed by atoms with E-state index < -0.39 is 0 Å². The lowest BCUT2D eigenvalue weighted by Gasteiger charge is -2.06. The summed E-state index contributed by atoms with van der Waals surface area (Å²) in [6, 6.07) is 10.6. The van der Waals surface area contributed by atoms with Crippen LogP contribution >= 0.6 is 11.3 Å². The first kappa shape index (κ1) is 16.9. The Kier molecular flexibility index (Phi) is 6.53. The van der Waals surface area contributed by atoms with E-state index in [4.69, 9.17) is 4.74 Å². The average molecular weight is 330 g/mol. The van der Waals surface area contributed by atoms with E-state index in [-0.39, 0.29) is 11.8 Å². The maximum Gasteiger partial charge on any atom is 0.251 e. The van der Waals surface area contributed by atoms with Crippen LogP contribution in [0, 0.1) is 0 Å². The van der Waals surface area contributed by atoms with Gasteiger partial charge in [0.15, 0.2) is 0 Å². The zero-order chi connectivity index (χ0) is 16.5. The predicted octanol–water partition coefficient (Wildman–Crippen LogP) is 2.78. The number of thiophene rings is 1. The molecule has 0 aliphatic rings. The number of amides is 2. The molecule has 1 aromatic heterocycles. The number of rotatable bonds is 7. The zero-order valence-corrected chi connectivity index (χ0v) is 13.6. The number of anilines is 1. The van der Waals surface area contributed by atoms with Crippen LogP contribution in [0.2, 0.25) is 0 Å². The topological polar surface area (TPSA) is 67.4 Å². The molecule has 2 amide bonds. The maximum absolute atomic E-state index is 11.8. The molecule has 0 saturated heterocycles. The Morgan fingerprint density at radius 1 is 1.22 bits per heavy atom. The fourth-order valence-corrected chi connectivity index (χ4v) is 2.42. The maximum atomic E-state index is 11.8. The summed E-state index contributed by atoms with van der Waals surface area (Å²) in [5.41, 5.74) is 1.17. The highest BCUT2D eigenvalue weighted by Gasteiger charge is 2.05. The van der Waals surface area contributed by atoms with Crippen LogP contribution in [0.5, 0.6) is 0 Å². The van der Waals surface area contributed by atoms with Crippen molar-refractivity contribution in [3.63, 3.8) is 0 Å². The molecule has 0 fully saturated rings. The summed E-state index contributed by atoms with van der Waals surface area (Å²) in [6.07, 6.45) is 3.24. The van der Waals surface area contributed by atoms with Gasteiger partial charge in [0.25, 0.3) is 5.91 Å². The molecule has 2 rings (SSSR count). The average Bonchev–Trinajstić information content (AvgIpc) is 3.07. The first-order chi connectivity index (χ1) is 11.2. The van der Waals surface area contributed by atoms with E-state index in [1.54, 1.807) is 48.8 Å². The molecular formula is C17H18N2O3S. The lowest BCUT2D eigenvalue weighted by atomic mass is 10.2. The Balaban J connectivity index is 1.87. The van der Waals surface area contributed by atoms with E-state index in [1.807, 2.05) is 17.5 Å². The van der Waals surface area contributed by atoms with Crippen molar-refractivity contribution in [3.05, 3.63) is 58.3 Å². The molecule has 2 aromatic rings. The van der Waals surface area contributed by atoms with Crippen molar-refractivity contribution in [2.45, 2.75) is 0 Å². The summed E-state index contributed by atoms with van der Waals surface area (Å²) < 4.78 is 4.87. The van der Waals surface area contributed by atoms with Crippen molar-refractivity contribution >= 4 is 34.9 Å². The van der Waals surface area contributed by atoms with E-state index in [9.17, 15) is 9.59 Å². The monoisotopic (exact) mass is 330 g/mol. The van der Waals surface area contributed by atoms with Crippen LogP contribution in [0.4, 0.5) is 5.69 Å². The second-order valence-corrected chi connectivity index (χ2v) is 5.64. The van der Waals surface area contributed by atoms with E-state index in [0.717, 1.165) is 4.88 Å². The van der Waals surface area contributed by atoms with Crippen molar-refractivity contribution in [3.8, 4) is 0 Å². The lowest BCUT2D eigenvalue weighted by molar-refractivity contribution is -0.111. The van der Waals surface area contributed by atoms with Crippen LogP contribution in [-0.4, -0.2) is 32.1 Å². The van der Waals surface area contributed by atoms with E-state index >= 15 is 0 Å². The van der Waals surface area contributed by atoms with Crippen molar-refractivity contribution in [1.29, 1.82) is 0 Å². The number of carbonyl (C=O) groups is 2. The molecule has 0 unspecified atom stereocenters. The Labute approximate surface area is 139 Å². The highest BCUT2D eigenvalue weighted by molar-refractivity contribution is 7.10. The van der Waals surface area contributed by atoms with Crippen LogP contribution in [-0.2, 0) is 9.53 Å². The molecule has 5 nitrogen and oxygen atoms in total. The van der Waals surface area contributed by atoms with Crippen LogP contribution < -0.4 is 10.6 Å². The largest absolute Gasteiger partial charge is 0.383 e. The van der Waals surface area contributed by atoms with Crippen molar-refractivity contribution < 1.29 is 14.3 Å². The molecule has 2 N–H and O–H groups in total. The van der Waals surface area contributed by atoms with Gasteiger partial charge in [-0.2, -0.15) is 0 Å². The molecule has 1 heterocycles. The molecule has 0 saturated carbocycles. The molecule has 0 atom stereocenters. The highest BCUT2D eigenvalue weighted by atomic mass is 32.1. The number of hydrogen-bond donors (Lipinski definition) is 2. The van der Waals surface area contributed by atoms with E-state index in [2.05, 4.69) is 10.6 Å². The van der Waals surface area contributed by atoms with E-state index in [0.29, 0.717) is 24.4 Å². The summed E-state index contributed by atoms with van der Waals surface area (Å²) in [5.74, 6) is -0.381. The first-order valence-electron chi connectivity index (χ1n) is 7.09. The summed E-state index contributed by atoms with van der Waals surface area (Å²) in [4.78, 5) is 24.7. The van der Waals surface area contributed by atoms with Gasteiger partial charge in [-0.3, -0.25) is 9.59 Å². The Bertz CT molecular complexity index is 664. The molecule has 120 valence electrons. The number of carbonyl (C=O) groups excluding carboxylic acids is 2. The van der Waals surface area contributed by atoms with E-state index in [1.165, 1.54) is 6.08 Å². The summed E-state index contributed by atoms with van der Waals surface area (Å²) in [5, 5.41) is 7.44. The van der Waals surface area contributed by atoms with Crippen molar-refractivity contribution in [1.82, 2.24) is 5.32 Å². The van der Waals surface area contributed by atoms with Gasteiger partial charge in [-0.25, -0.2) is 0 Å². The van der Waals surface area contributed by atoms with Gasteiger partial charge in [0.1, 0.15) is 0 Å². The summed E-state index contributed by atoms with van der Waals surface area (Å²) in [6.45, 7) is 0.928. The highest BCUT2D eigenvalue weighted by Crippen LogP contribution is 2.12. The van der Waals surface area contributed by atoms with Gasteiger partial charge in [0.2, 0.25) is 5.91 Å². The number of ether oxygens (including phenoxy) is 1. The SMILES string of the molecule is COCCNC(=O)c1ccc(NC(=O)/C=C/c2cccs2)cc1. The van der Waals surface area contributed by atoms with Crippen molar-refractivity contribution in [2.24, 2.45) is 0 Å². The van der Waals surface area contributed by atoms with Gasteiger partial charge in [0, 0.05) is 35.9 Å². The Morgan fingerprint density at radius 2 is 2.00 bits per heavy atom. The third kappa shape index (κ3) is 5.69. The van der Waals surface area contributed by atoms with Gasteiger partial charge in [0.05, 0.1) is 6.61 Å². The summed E-state index contributed by atoms with van der Waals surface area (Å²) in [7, 11) is 1.58. The Hall–Kier alpha value is -2.44. The Morgan fingerprint density at radius 3 is 2.65 bits per heavy atom. The van der Waals surface area contributed by atoms with Gasteiger partial charge < -0.3 is 15.4 Å². The molecule has 0 aliphatic carbocycles. The number of methoxy groups -OCH3 is 1.